The van der Waals surface area contributed by atoms with E-state index in [4.69, 9.17) is 15.2 Å². The second-order valence-corrected chi connectivity index (χ2v) is 6.99. The molecule has 3 nitrogen and oxygen atoms in total. The molecule has 0 aromatic heterocycles. The van der Waals surface area contributed by atoms with E-state index in [0.29, 0.717) is 0 Å². The van der Waals surface area contributed by atoms with Crippen LogP contribution < -0.4 is 15.2 Å². The Balaban J connectivity index is 1.99. The molecule has 1 aromatic carbocycles. The largest absolute Gasteiger partial charge is 0.493 e. The van der Waals surface area contributed by atoms with Crippen LogP contribution in [0.4, 0.5) is 0 Å². The SMILES string of the molecule is NCC1(c2c3c(c(Br)c4c2OCC4)OCC3)CCCC1. The normalized spacial score (nSPS) is 22.3. The number of hydrogen-bond donors (Lipinski definition) is 1. The van der Waals surface area contributed by atoms with Crippen LogP contribution in [0.3, 0.4) is 0 Å². The third-order valence-electron chi connectivity index (χ3n) is 5.22. The van der Waals surface area contributed by atoms with E-state index >= 15 is 0 Å². The van der Waals surface area contributed by atoms with Gasteiger partial charge >= 0.3 is 0 Å². The molecule has 20 heavy (non-hydrogen) atoms. The van der Waals surface area contributed by atoms with Gasteiger partial charge in [-0.1, -0.05) is 12.8 Å². The van der Waals surface area contributed by atoms with Crippen LogP contribution in [0.2, 0.25) is 0 Å². The quantitative estimate of drug-likeness (QED) is 0.901. The number of benzene rings is 1. The lowest BCUT2D eigenvalue weighted by Gasteiger charge is -2.31. The number of hydrogen-bond acceptors (Lipinski definition) is 3. The lowest BCUT2D eigenvalue weighted by atomic mass is 9.75. The number of halogens is 1. The van der Waals surface area contributed by atoms with Crippen molar-refractivity contribution in [3.8, 4) is 11.5 Å². The van der Waals surface area contributed by atoms with E-state index in [1.807, 2.05) is 0 Å². The zero-order chi connectivity index (χ0) is 13.7. The fraction of sp³-hybridized carbons (Fsp3) is 0.625. The Hall–Kier alpha value is -0.740. The Morgan fingerprint density at radius 2 is 1.65 bits per heavy atom. The Labute approximate surface area is 127 Å². The summed E-state index contributed by atoms with van der Waals surface area (Å²) in [7, 11) is 0. The molecule has 0 radical (unpaired) electrons. The zero-order valence-electron chi connectivity index (χ0n) is 11.6. The standard InChI is InChI=1S/C16H20BrNO2/c17-13-11-4-8-19-14(11)12(10-3-7-20-15(10)13)16(9-18)5-1-2-6-16/h1-9,18H2. The van der Waals surface area contributed by atoms with E-state index in [0.717, 1.165) is 48.6 Å². The molecule has 4 rings (SSSR count). The molecule has 0 bridgehead atoms. The van der Waals surface area contributed by atoms with Crippen molar-refractivity contribution >= 4 is 15.9 Å². The van der Waals surface area contributed by atoms with Gasteiger partial charge < -0.3 is 15.2 Å². The molecular weight excluding hydrogens is 318 g/mol. The summed E-state index contributed by atoms with van der Waals surface area (Å²) in [6, 6.07) is 0. The molecule has 1 aromatic rings. The van der Waals surface area contributed by atoms with E-state index in [2.05, 4.69) is 15.9 Å². The van der Waals surface area contributed by atoms with Gasteiger partial charge in [-0.2, -0.15) is 0 Å². The van der Waals surface area contributed by atoms with Gasteiger partial charge in [-0.3, -0.25) is 0 Å². The molecule has 1 fully saturated rings. The van der Waals surface area contributed by atoms with Crippen LogP contribution in [-0.4, -0.2) is 19.8 Å². The van der Waals surface area contributed by atoms with Crippen molar-refractivity contribution in [3.05, 3.63) is 21.2 Å². The molecule has 1 aliphatic carbocycles. The van der Waals surface area contributed by atoms with Crippen LogP contribution >= 0.6 is 15.9 Å². The minimum atomic E-state index is 0.118. The highest BCUT2D eigenvalue weighted by atomic mass is 79.9. The summed E-state index contributed by atoms with van der Waals surface area (Å²) in [5.41, 5.74) is 10.4. The molecule has 0 saturated heterocycles. The van der Waals surface area contributed by atoms with Crippen molar-refractivity contribution in [2.75, 3.05) is 19.8 Å². The van der Waals surface area contributed by atoms with Gasteiger partial charge in [-0.15, -0.1) is 0 Å². The van der Waals surface area contributed by atoms with Crippen molar-refractivity contribution in [2.24, 2.45) is 5.73 Å². The van der Waals surface area contributed by atoms with Gasteiger partial charge in [0.05, 0.1) is 17.7 Å². The highest BCUT2D eigenvalue weighted by Crippen LogP contribution is 2.54. The molecule has 2 aliphatic heterocycles. The summed E-state index contributed by atoms with van der Waals surface area (Å²) in [4.78, 5) is 0. The summed E-state index contributed by atoms with van der Waals surface area (Å²) in [5, 5.41) is 0. The van der Waals surface area contributed by atoms with Crippen molar-refractivity contribution in [3.63, 3.8) is 0 Å². The maximum absolute atomic E-state index is 6.22. The molecule has 0 atom stereocenters. The van der Waals surface area contributed by atoms with Gasteiger partial charge in [-0.25, -0.2) is 0 Å². The van der Waals surface area contributed by atoms with Gasteiger partial charge in [0.1, 0.15) is 11.5 Å². The number of rotatable bonds is 2. The molecule has 108 valence electrons. The highest BCUT2D eigenvalue weighted by molar-refractivity contribution is 9.10. The van der Waals surface area contributed by atoms with Crippen molar-refractivity contribution in [2.45, 2.75) is 43.9 Å². The van der Waals surface area contributed by atoms with E-state index in [-0.39, 0.29) is 5.41 Å². The van der Waals surface area contributed by atoms with Crippen molar-refractivity contribution in [1.29, 1.82) is 0 Å². The third kappa shape index (κ3) is 1.61. The molecule has 4 heteroatoms. The first kappa shape index (κ1) is 13.0. The predicted octanol–water partition coefficient (Wildman–Crippen LogP) is 3.09. The van der Waals surface area contributed by atoms with Gasteiger partial charge in [0, 0.05) is 41.5 Å². The topological polar surface area (TPSA) is 44.5 Å². The lowest BCUT2D eigenvalue weighted by Crippen LogP contribution is -2.33. The second-order valence-electron chi connectivity index (χ2n) is 6.19. The van der Waals surface area contributed by atoms with E-state index in [1.165, 1.54) is 42.4 Å². The number of fused-ring (bicyclic) bond motifs is 2. The minimum absolute atomic E-state index is 0.118. The molecule has 2 heterocycles. The van der Waals surface area contributed by atoms with E-state index in [1.54, 1.807) is 0 Å². The average molecular weight is 338 g/mol. The summed E-state index contributed by atoms with van der Waals surface area (Å²) < 4.78 is 13.1. The maximum Gasteiger partial charge on any atom is 0.137 e. The van der Waals surface area contributed by atoms with E-state index < -0.39 is 0 Å². The second kappa shape index (κ2) is 4.63. The van der Waals surface area contributed by atoms with Gasteiger partial charge in [0.2, 0.25) is 0 Å². The highest BCUT2D eigenvalue weighted by Gasteiger charge is 2.43. The number of nitrogens with two attached hydrogens (primary N) is 1. The molecule has 2 N–H and O–H groups in total. The summed E-state index contributed by atoms with van der Waals surface area (Å²) in [6.45, 7) is 2.28. The van der Waals surface area contributed by atoms with Crippen LogP contribution in [0.25, 0.3) is 0 Å². The summed E-state index contributed by atoms with van der Waals surface area (Å²) >= 11 is 3.73. The predicted molar refractivity (Wildman–Crippen MR) is 81.7 cm³/mol. The molecule has 0 unspecified atom stereocenters. The summed E-state index contributed by atoms with van der Waals surface area (Å²) in [6.07, 6.45) is 6.89. The smallest absolute Gasteiger partial charge is 0.137 e. The monoisotopic (exact) mass is 337 g/mol. The fourth-order valence-corrected chi connectivity index (χ4v) is 4.95. The minimum Gasteiger partial charge on any atom is -0.493 e. The van der Waals surface area contributed by atoms with Crippen LogP contribution in [0, 0.1) is 0 Å². The first-order valence-electron chi connectivity index (χ1n) is 7.60. The molecule has 0 amide bonds. The Kier molecular flexibility index (Phi) is 3.00. The van der Waals surface area contributed by atoms with Crippen LogP contribution in [0.1, 0.15) is 42.4 Å². The third-order valence-corrected chi connectivity index (χ3v) is 6.06. The maximum atomic E-state index is 6.22. The first-order chi connectivity index (χ1) is 9.77. The van der Waals surface area contributed by atoms with Gasteiger partial charge in [0.25, 0.3) is 0 Å². The fourth-order valence-electron chi connectivity index (χ4n) is 4.22. The lowest BCUT2D eigenvalue weighted by molar-refractivity contribution is 0.337. The van der Waals surface area contributed by atoms with Crippen molar-refractivity contribution < 1.29 is 9.47 Å². The van der Waals surface area contributed by atoms with Crippen LogP contribution in [-0.2, 0) is 18.3 Å². The molecule has 0 spiro atoms. The Bertz CT molecular complexity index is 529. The molecular formula is C16H20BrNO2. The van der Waals surface area contributed by atoms with Crippen LogP contribution in [0.5, 0.6) is 11.5 Å². The zero-order valence-corrected chi connectivity index (χ0v) is 13.2. The first-order valence-corrected chi connectivity index (χ1v) is 8.39. The molecule has 3 aliphatic rings. The summed E-state index contributed by atoms with van der Waals surface area (Å²) in [5.74, 6) is 2.18. The van der Waals surface area contributed by atoms with Gasteiger partial charge in [0.15, 0.2) is 0 Å². The Morgan fingerprint density at radius 1 is 1.00 bits per heavy atom. The average Bonchev–Trinajstić information content (AvgIpc) is 3.20. The Morgan fingerprint density at radius 3 is 2.35 bits per heavy atom. The van der Waals surface area contributed by atoms with Crippen molar-refractivity contribution in [1.82, 2.24) is 0 Å². The van der Waals surface area contributed by atoms with E-state index in [9.17, 15) is 0 Å². The van der Waals surface area contributed by atoms with Crippen LogP contribution in [0.15, 0.2) is 4.47 Å². The number of ether oxygens (including phenoxy) is 2. The molecule has 1 saturated carbocycles. The van der Waals surface area contributed by atoms with Gasteiger partial charge in [-0.05, 0) is 28.8 Å².